The van der Waals surface area contributed by atoms with E-state index in [0.717, 1.165) is 37.4 Å². The predicted molar refractivity (Wildman–Crippen MR) is 76.9 cm³/mol. The van der Waals surface area contributed by atoms with Crippen LogP contribution >= 0.6 is 11.6 Å². The van der Waals surface area contributed by atoms with Crippen molar-refractivity contribution in [2.45, 2.75) is 45.4 Å². The average Bonchev–Trinajstić information content (AvgIpc) is 2.27. The maximum absolute atomic E-state index is 6.00. The number of anilines is 1. The first-order valence-electron chi connectivity index (χ1n) is 6.16. The predicted octanol–water partition coefficient (Wildman–Crippen LogP) is 3.64. The van der Waals surface area contributed by atoms with Crippen molar-refractivity contribution in [3.63, 3.8) is 0 Å². The van der Waals surface area contributed by atoms with Crippen molar-refractivity contribution in [1.29, 1.82) is 0 Å². The zero-order chi connectivity index (χ0) is 13.6. The summed E-state index contributed by atoms with van der Waals surface area (Å²) in [6, 6.07) is 1.75. The number of rotatable bonds is 5. The summed E-state index contributed by atoms with van der Waals surface area (Å²) in [5.41, 5.74) is -0.106. The number of hydrogen-bond donors (Lipinski definition) is 1. The lowest BCUT2D eigenvalue weighted by molar-refractivity contribution is 0.546. The molecule has 3 nitrogen and oxygen atoms in total. The number of terminal acetylenes is 1. The van der Waals surface area contributed by atoms with Crippen molar-refractivity contribution in [2.75, 3.05) is 11.9 Å². The first kappa shape index (κ1) is 14.8. The molecule has 0 fully saturated rings. The summed E-state index contributed by atoms with van der Waals surface area (Å²) in [6.45, 7) is 7.04. The van der Waals surface area contributed by atoms with Gasteiger partial charge in [0.1, 0.15) is 16.8 Å². The molecular formula is C14H20ClN3. The molecule has 0 aliphatic heterocycles. The molecule has 1 aromatic heterocycles. The van der Waals surface area contributed by atoms with Gasteiger partial charge >= 0.3 is 0 Å². The Kier molecular flexibility index (Phi) is 5.43. The molecule has 0 saturated carbocycles. The summed E-state index contributed by atoms with van der Waals surface area (Å²) < 4.78 is 0. The Labute approximate surface area is 114 Å². The Bertz CT molecular complexity index is 430. The SMILES string of the molecule is C#CCCCCNc1cc(Cl)nc(C(C)(C)C)n1. The third-order valence-corrected chi connectivity index (χ3v) is 2.61. The van der Waals surface area contributed by atoms with Gasteiger partial charge in [-0.25, -0.2) is 9.97 Å². The van der Waals surface area contributed by atoms with E-state index in [1.807, 2.05) is 0 Å². The van der Waals surface area contributed by atoms with E-state index >= 15 is 0 Å². The van der Waals surface area contributed by atoms with Gasteiger partial charge in [0.15, 0.2) is 0 Å². The molecule has 1 heterocycles. The van der Waals surface area contributed by atoms with Crippen molar-refractivity contribution in [3.05, 3.63) is 17.0 Å². The van der Waals surface area contributed by atoms with Crippen LogP contribution in [-0.4, -0.2) is 16.5 Å². The van der Waals surface area contributed by atoms with Gasteiger partial charge in [-0.3, -0.25) is 0 Å². The van der Waals surface area contributed by atoms with Gasteiger partial charge in [0, 0.05) is 24.4 Å². The van der Waals surface area contributed by atoms with Crippen LogP contribution < -0.4 is 5.32 Å². The third-order valence-electron chi connectivity index (χ3n) is 2.42. The van der Waals surface area contributed by atoms with Gasteiger partial charge in [0.25, 0.3) is 0 Å². The van der Waals surface area contributed by atoms with E-state index < -0.39 is 0 Å². The Morgan fingerprint density at radius 2 is 2.06 bits per heavy atom. The highest BCUT2D eigenvalue weighted by molar-refractivity contribution is 6.29. The van der Waals surface area contributed by atoms with Crippen LogP contribution in [0.1, 0.15) is 45.9 Å². The average molecular weight is 266 g/mol. The third kappa shape index (κ3) is 4.93. The normalized spacial score (nSPS) is 11.1. The van der Waals surface area contributed by atoms with Crippen LogP contribution in [0.15, 0.2) is 6.07 Å². The lowest BCUT2D eigenvalue weighted by atomic mass is 9.96. The molecule has 0 aliphatic rings. The van der Waals surface area contributed by atoms with Crippen LogP contribution in [0, 0.1) is 12.3 Å². The summed E-state index contributed by atoms with van der Waals surface area (Å²) in [7, 11) is 0. The molecule has 1 N–H and O–H groups in total. The molecule has 0 amide bonds. The Morgan fingerprint density at radius 3 is 2.67 bits per heavy atom. The molecule has 0 aliphatic carbocycles. The first-order valence-corrected chi connectivity index (χ1v) is 6.53. The van der Waals surface area contributed by atoms with Gasteiger partial charge < -0.3 is 5.32 Å². The zero-order valence-corrected chi connectivity index (χ0v) is 12.0. The Hall–Kier alpha value is -1.27. The quantitative estimate of drug-likeness (QED) is 0.502. The maximum Gasteiger partial charge on any atom is 0.137 e. The molecule has 0 bridgehead atoms. The highest BCUT2D eigenvalue weighted by atomic mass is 35.5. The molecule has 0 atom stereocenters. The van der Waals surface area contributed by atoms with Crippen molar-refractivity contribution >= 4 is 17.4 Å². The fourth-order valence-electron chi connectivity index (χ4n) is 1.41. The van der Waals surface area contributed by atoms with Crippen molar-refractivity contribution in [3.8, 4) is 12.3 Å². The molecule has 1 aromatic rings. The minimum absolute atomic E-state index is 0.106. The maximum atomic E-state index is 6.00. The number of hydrogen-bond acceptors (Lipinski definition) is 3. The highest BCUT2D eigenvalue weighted by Gasteiger charge is 2.18. The van der Waals surface area contributed by atoms with E-state index in [1.165, 1.54) is 0 Å². The second kappa shape index (κ2) is 6.61. The van der Waals surface area contributed by atoms with Crippen LogP contribution in [0.4, 0.5) is 5.82 Å². The van der Waals surface area contributed by atoms with Crippen LogP contribution in [0.5, 0.6) is 0 Å². The molecule has 1 rings (SSSR count). The summed E-state index contributed by atoms with van der Waals surface area (Å²) in [4.78, 5) is 8.73. The van der Waals surface area contributed by atoms with Gasteiger partial charge in [-0.15, -0.1) is 12.3 Å². The van der Waals surface area contributed by atoms with E-state index in [0.29, 0.717) is 5.15 Å². The molecule has 18 heavy (non-hydrogen) atoms. The fourth-order valence-corrected chi connectivity index (χ4v) is 1.60. The Balaban J connectivity index is 2.61. The lowest BCUT2D eigenvalue weighted by Gasteiger charge is -2.17. The largest absolute Gasteiger partial charge is 0.370 e. The standard InChI is InChI=1S/C14H20ClN3/c1-5-6-7-8-9-16-12-10-11(15)17-13(18-12)14(2,3)4/h1,10H,6-9H2,2-4H3,(H,16,17,18). The molecule has 0 spiro atoms. The highest BCUT2D eigenvalue weighted by Crippen LogP contribution is 2.22. The number of unbranched alkanes of at least 4 members (excludes halogenated alkanes) is 2. The first-order chi connectivity index (χ1) is 8.43. The van der Waals surface area contributed by atoms with Crippen LogP contribution in [-0.2, 0) is 5.41 Å². The minimum Gasteiger partial charge on any atom is -0.370 e. The molecule has 0 radical (unpaired) electrons. The summed E-state index contributed by atoms with van der Waals surface area (Å²) in [5, 5.41) is 3.73. The van der Waals surface area contributed by atoms with Gasteiger partial charge in [-0.2, -0.15) is 0 Å². The number of halogens is 1. The van der Waals surface area contributed by atoms with Crippen molar-refractivity contribution in [1.82, 2.24) is 9.97 Å². The van der Waals surface area contributed by atoms with E-state index in [-0.39, 0.29) is 5.41 Å². The van der Waals surface area contributed by atoms with E-state index in [4.69, 9.17) is 18.0 Å². The molecular weight excluding hydrogens is 246 g/mol. The van der Waals surface area contributed by atoms with Crippen LogP contribution in [0.25, 0.3) is 0 Å². The smallest absolute Gasteiger partial charge is 0.137 e. The number of nitrogens with one attached hydrogen (secondary N) is 1. The van der Waals surface area contributed by atoms with E-state index in [9.17, 15) is 0 Å². The second-order valence-electron chi connectivity index (χ2n) is 5.24. The molecule has 0 saturated heterocycles. The second-order valence-corrected chi connectivity index (χ2v) is 5.62. The monoisotopic (exact) mass is 265 g/mol. The summed E-state index contributed by atoms with van der Waals surface area (Å²) in [6.07, 6.45) is 8.07. The lowest BCUT2D eigenvalue weighted by Crippen LogP contribution is -2.17. The van der Waals surface area contributed by atoms with Gasteiger partial charge in [-0.1, -0.05) is 32.4 Å². The molecule has 0 unspecified atom stereocenters. The molecule has 98 valence electrons. The molecule has 4 heteroatoms. The number of nitrogens with zero attached hydrogens (tertiary/aromatic N) is 2. The van der Waals surface area contributed by atoms with E-state index in [2.05, 4.69) is 42.0 Å². The summed E-state index contributed by atoms with van der Waals surface area (Å²) >= 11 is 6.00. The van der Waals surface area contributed by atoms with Crippen LogP contribution in [0.3, 0.4) is 0 Å². The van der Waals surface area contributed by atoms with Gasteiger partial charge in [0.05, 0.1) is 0 Å². The Morgan fingerprint density at radius 1 is 1.33 bits per heavy atom. The number of aromatic nitrogens is 2. The van der Waals surface area contributed by atoms with Gasteiger partial charge in [-0.05, 0) is 12.8 Å². The van der Waals surface area contributed by atoms with Crippen molar-refractivity contribution in [2.24, 2.45) is 0 Å². The fraction of sp³-hybridized carbons (Fsp3) is 0.571. The van der Waals surface area contributed by atoms with Crippen molar-refractivity contribution < 1.29 is 0 Å². The topological polar surface area (TPSA) is 37.8 Å². The summed E-state index contributed by atoms with van der Waals surface area (Å²) in [5.74, 6) is 4.16. The zero-order valence-electron chi connectivity index (χ0n) is 11.3. The molecule has 0 aromatic carbocycles. The minimum atomic E-state index is -0.106. The van der Waals surface area contributed by atoms with Gasteiger partial charge in [0.2, 0.25) is 0 Å². The van der Waals surface area contributed by atoms with Crippen LogP contribution in [0.2, 0.25) is 5.15 Å². The van der Waals surface area contributed by atoms with E-state index in [1.54, 1.807) is 6.07 Å².